The van der Waals surface area contributed by atoms with Gasteiger partial charge in [0.05, 0.1) is 11.1 Å². The SMILES string of the molecule is Nc1c(OS(=O)(=O)O)cc(OS(=O)(=O)O)c2cccc(O)c12. The quantitative estimate of drug-likeness (QED) is 0.448. The number of nitrogen functional groups attached to an aromatic ring is 1. The second-order valence-corrected chi connectivity index (χ2v) is 6.05. The molecule has 0 bridgehead atoms. The van der Waals surface area contributed by atoms with Gasteiger partial charge in [0, 0.05) is 11.5 Å². The highest BCUT2D eigenvalue weighted by molar-refractivity contribution is 7.81. The number of hydrogen-bond donors (Lipinski definition) is 4. The number of anilines is 1. The Labute approximate surface area is 124 Å². The molecule has 10 nitrogen and oxygen atoms in total. The number of nitrogens with two attached hydrogens (primary N) is 1. The first-order valence-electron chi connectivity index (χ1n) is 5.36. The summed E-state index contributed by atoms with van der Waals surface area (Å²) in [5.41, 5.74) is 5.24. The van der Waals surface area contributed by atoms with E-state index in [1.807, 2.05) is 0 Å². The number of fused-ring (bicyclic) bond motifs is 1. The van der Waals surface area contributed by atoms with Crippen LogP contribution in [0.2, 0.25) is 0 Å². The van der Waals surface area contributed by atoms with Gasteiger partial charge in [-0.15, -0.1) is 0 Å². The van der Waals surface area contributed by atoms with E-state index < -0.39 is 43.7 Å². The molecule has 2 rings (SSSR count). The van der Waals surface area contributed by atoms with Crippen molar-refractivity contribution in [2.75, 3.05) is 5.73 Å². The number of rotatable bonds is 4. The third kappa shape index (κ3) is 3.48. The van der Waals surface area contributed by atoms with Crippen LogP contribution in [0.3, 0.4) is 0 Å². The Hall–Kier alpha value is -2.28. The Balaban J connectivity index is 2.83. The van der Waals surface area contributed by atoms with E-state index in [9.17, 15) is 21.9 Å². The molecule has 22 heavy (non-hydrogen) atoms. The highest BCUT2D eigenvalue weighted by Crippen LogP contribution is 2.42. The van der Waals surface area contributed by atoms with E-state index >= 15 is 0 Å². The summed E-state index contributed by atoms with van der Waals surface area (Å²) in [4.78, 5) is 0. The molecular weight excluding hydrogens is 342 g/mol. The van der Waals surface area contributed by atoms with Crippen molar-refractivity contribution in [1.29, 1.82) is 0 Å². The van der Waals surface area contributed by atoms with E-state index in [-0.39, 0.29) is 10.8 Å². The number of hydrogen-bond acceptors (Lipinski definition) is 8. The normalized spacial score (nSPS) is 12.3. The van der Waals surface area contributed by atoms with Crippen molar-refractivity contribution in [2.24, 2.45) is 0 Å². The molecule has 0 fully saturated rings. The first-order chi connectivity index (χ1) is 9.98. The van der Waals surface area contributed by atoms with Crippen LogP contribution >= 0.6 is 0 Å². The molecule has 0 saturated carbocycles. The van der Waals surface area contributed by atoms with Crippen LogP contribution in [0.1, 0.15) is 0 Å². The number of benzene rings is 2. The third-order valence-corrected chi connectivity index (χ3v) is 3.28. The Kier molecular flexibility index (Phi) is 3.78. The van der Waals surface area contributed by atoms with Crippen molar-refractivity contribution in [1.82, 2.24) is 0 Å². The molecule has 120 valence electrons. The Bertz CT molecular complexity index is 950. The molecule has 0 aromatic heterocycles. The third-order valence-electron chi connectivity index (χ3n) is 2.50. The standard InChI is InChI=1S/C10H9NO9S2/c11-10-8(20-22(16,17)18)4-7(19-21(13,14)15)5-2-1-3-6(12)9(5)10/h1-4,12H,11H2,(H,13,14,15)(H,16,17,18). The average molecular weight is 351 g/mol. The fraction of sp³-hybridized carbons (Fsp3) is 0. The van der Waals surface area contributed by atoms with Crippen molar-refractivity contribution in [2.45, 2.75) is 0 Å². The fourth-order valence-electron chi connectivity index (χ4n) is 1.79. The maximum atomic E-state index is 10.8. The average Bonchev–Trinajstić information content (AvgIpc) is 2.31. The molecule has 5 N–H and O–H groups in total. The number of phenolic OH excluding ortho intramolecular Hbond substituents is 1. The van der Waals surface area contributed by atoms with E-state index in [0.29, 0.717) is 0 Å². The molecule has 0 aliphatic heterocycles. The van der Waals surface area contributed by atoms with Crippen molar-refractivity contribution >= 4 is 37.3 Å². The summed E-state index contributed by atoms with van der Waals surface area (Å²) in [6, 6.07) is 4.53. The first-order valence-corrected chi connectivity index (χ1v) is 8.09. The maximum Gasteiger partial charge on any atom is 0.446 e. The molecule has 0 atom stereocenters. The van der Waals surface area contributed by atoms with Gasteiger partial charge < -0.3 is 19.2 Å². The lowest BCUT2D eigenvalue weighted by molar-refractivity contribution is 0.383. The lowest BCUT2D eigenvalue weighted by atomic mass is 10.1. The predicted octanol–water partition coefficient (Wildman–Crippen LogP) is 0.491. The van der Waals surface area contributed by atoms with E-state index in [4.69, 9.17) is 14.8 Å². The molecule has 0 aliphatic rings. The number of phenols is 1. The van der Waals surface area contributed by atoms with Gasteiger partial charge in [0.15, 0.2) is 11.5 Å². The summed E-state index contributed by atoms with van der Waals surface area (Å²) in [5, 5.41) is 9.55. The molecule has 0 saturated heterocycles. The van der Waals surface area contributed by atoms with Crippen LogP contribution in [-0.2, 0) is 20.8 Å². The van der Waals surface area contributed by atoms with Gasteiger partial charge in [-0.25, -0.2) is 0 Å². The second-order valence-electron chi connectivity index (χ2n) is 4.01. The van der Waals surface area contributed by atoms with Crippen molar-refractivity contribution in [3.05, 3.63) is 24.3 Å². The van der Waals surface area contributed by atoms with Crippen LogP contribution in [-0.4, -0.2) is 31.0 Å². The van der Waals surface area contributed by atoms with E-state index in [2.05, 4.69) is 8.37 Å². The highest BCUT2D eigenvalue weighted by Gasteiger charge is 2.21. The molecule has 0 aliphatic carbocycles. The summed E-state index contributed by atoms with van der Waals surface area (Å²) in [5.74, 6) is -1.70. The predicted molar refractivity (Wildman–Crippen MR) is 74.4 cm³/mol. The highest BCUT2D eigenvalue weighted by atomic mass is 32.3. The lowest BCUT2D eigenvalue weighted by Crippen LogP contribution is -2.11. The molecule has 0 radical (unpaired) electrons. The van der Waals surface area contributed by atoms with Crippen molar-refractivity contribution in [3.8, 4) is 17.2 Å². The molecule has 12 heteroatoms. The minimum Gasteiger partial charge on any atom is -0.507 e. The Morgan fingerprint density at radius 2 is 1.50 bits per heavy atom. The van der Waals surface area contributed by atoms with Gasteiger partial charge in [0.1, 0.15) is 5.75 Å². The zero-order valence-corrected chi connectivity index (χ0v) is 12.1. The van der Waals surface area contributed by atoms with Crippen LogP contribution in [0.5, 0.6) is 17.2 Å². The molecule has 0 amide bonds. The fourth-order valence-corrected chi connectivity index (χ4v) is 2.52. The first kappa shape index (κ1) is 16.1. The minimum absolute atomic E-state index is 0.0437. The van der Waals surface area contributed by atoms with Crippen molar-refractivity contribution < 1.29 is 39.4 Å². The van der Waals surface area contributed by atoms with Crippen LogP contribution in [0.15, 0.2) is 24.3 Å². The van der Waals surface area contributed by atoms with Crippen molar-refractivity contribution in [3.63, 3.8) is 0 Å². The van der Waals surface area contributed by atoms with Gasteiger partial charge >= 0.3 is 20.8 Å². The summed E-state index contributed by atoms with van der Waals surface area (Å²) in [6.07, 6.45) is 0. The Morgan fingerprint density at radius 3 is 2.05 bits per heavy atom. The summed E-state index contributed by atoms with van der Waals surface area (Å²) in [6.45, 7) is 0. The molecule has 0 heterocycles. The minimum atomic E-state index is -4.97. The zero-order valence-electron chi connectivity index (χ0n) is 10.5. The zero-order chi connectivity index (χ0) is 16.7. The van der Waals surface area contributed by atoms with Gasteiger partial charge in [0.2, 0.25) is 0 Å². The molecular formula is C10H9NO9S2. The van der Waals surface area contributed by atoms with Crippen LogP contribution in [0.4, 0.5) is 5.69 Å². The van der Waals surface area contributed by atoms with E-state index in [0.717, 1.165) is 6.07 Å². The second kappa shape index (κ2) is 5.17. The molecule has 0 spiro atoms. The van der Waals surface area contributed by atoms with Gasteiger partial charge in [-0.3, -0.25) is 9.11 Å². The topological polar surface area (TPSA) is 173 Å². The monoisotopic (exact) mass is 351 g/mol. The number of aromatic hydroxyl groups is 1. The summed E-state index contributed by atoms with van der Waals surface area (Å²) < 4.78 is 69.1. The smallest absolute Gasteiger partial charge is 0.446 e. The van der Waals surface area contributed by atoms with E-state index in [1.54, 1.807) is 0 Å². The Morgan fingerprint density at radius 1 is 0.955 bits per heavy atom. The van der Waals surface area contributed by atoms with Crippen LogP contribution in [0, 0.1) is 0 Å². The van der Waals surface area contributed by atoms with Gasteiger partial charge in [-0.05, 0) is 6.07 Å². The van der Waals surface area contributed by atoms with E-state index in [1.165, 1.54) is 18.2 Å². The van der Waals surface area contributed by atoms with Crippen LogP contribution in [0.25, 0.3) is 10.8 Å². The molecule has 2 aromatic carbocycles. The van der Waals surface area contributed by atoms with Crippen LogP contribution < -0.4 is 14.1 Å². The van der Waals surface area contributed by atoms with Gasteiger partial charge in [-0.2, -0.15) is 16.8 Å². The maximum absolute atomic E-state index is 10.8. The van der Waals surface area contributed by atoms with Gasteiger partial charge in [0.25, 0.3) is 0 Å². The summed E-state index contributed by atoms with van der Waals surface area (Å²) in [7, 11) is -9.92. The largest absolute Gasteiger partial charge is 0.507 e. The summed E-state index contributed by atoms with van der Waals surface area (Å²) >= 11 is 0. The lowest BCUT2D eigenvalue weighted by Gasteiger charge is -2.13. The van der Waals surface area contributed by atoms with Gasteiger partial charge in [-0.1, -0.05) is 12.1 Å². The molecule has 2 aromatic rings. The molecule has 0 unspecified atom stereocenters.